The molecule has 0 spiro atoms. The lowest BCUT2D eigenvalue weighted by Gasteiger charge is -2.28. The lowest BCUT2D eigenvalue weighted by atomic mass is 9.82. The molecule has 6 nitrogen and oxygen atoms in total. The zero-order valence-corrected chi connectivity index (χ0v) is 11.2. The number of carbonyl (C=O) groups is 2. The number of amides is 1. The molecule has 1 aliphatic carbocycles. The molecule has 1 aromatic rings. The first kappa shape index (κ1) is 13.5. The highest BCUT2D eigenvalue weighted by atomic mass is 16.7. The molecule has 0 saturated carbocycles. The van der Waals surface area contributed by atoms with Crippen molar-refractivity contribution in [2.75, 3.05) is 12.1 Å². The number of nitrogens with one attached hydrogen (secondary N) is 1. The van der Waals surface area contributed by atoms with Gasteiger partial charge in [0.05, 0.1) is 5.92 Å². The molecule has 0 saturated heterocycles. The molecule has 1 heterocycles. The second-order valence-corrected chi connectivity index (χ2v) is 5.03. The maximum Gasteiger partial charge on any atom is 0.231 e. The van der Waals surface area contributed by atoms with Gasteiger partial charge in [-0.2, -0.15) is 0 Å². The minimum Gasteiger partial charge on any atom is -0.550 e. The van der Waals surface area contributed by atoms with E-state index in [1.807, 2.05) is 6.08 Å². The van der Waals surface area contributed by atoms with E-state index in [1.54, 1.807) is 24.3 Å². The number of aliphatic carboxylic acids is 1. The first-order valence-electron chi connectivity index (χ1n) is 6.71. The molecule has 2 aliphatic rings. The number of carboxylic acid groups (broad SMARTS) is 1. The average molecular weight is 288 g/mol. The van der Waals surface area contributed by atoms with Gasteiger partial charge in [0, 0.05) is 23.6 Å². The van der Waals surface area contributed by atoms with Gasteiger partial charge in [-0.1, -0.05) is 12.2 Å². The molecule has 21 heavy (non-hydrogen) atoms. The van der Waals surface area contributed by atoms with Crippen LogP contribution >= 0.6 is 0 Å². The highest BCUT2D eigenvalue weighted by molar-refractivity contribution is 5.95. The predicted octanol–water partition coefficient (Wildman–Crippen LogP) is 0.686. The molecular weight excluding hydrogens is 274 g/mol. The fraction of sp³-hybridized carbons (Fsp3) is 0.333. The maximum absolute atomic E-state index is 12.3. The summed E-state index contributed by atoms with van der Waals surface area (Å²) in [6.45, 7) is 0.160. The Morgan fingerprint density at radius 2 is 1.81 bits per heavy atom. The summed E-state index contributed by atoms with van der Waals surface area (Å²) in [5.41, 5.74) is 0.552. The van der Waals surface area contributed by atoms with Crippen LogP contribution in [-0.2, 0) is 9.59 Å². The quantitative estimate of drug-likeness (QED) is 0.827. The third-order valence-electron chi connectivity index (χ3n) is 3.71. The van der Waals surface area contributed by atoms with Gasteiger partial charge in [-0.3, -0.25) is 4.79 Å². The Bertz CT molecular complexity index is 610. The van der Waals surface area contributed by atoms with Crippen LogP contribution < -0.4 is 19.9 Å². The zero-order valence-electron chi connectivity index (χ0n) is 11.2. The Kier molecular flexibility index (Phi) is 3.51. The molecule has 0 bridgehead atoms. The van der Waals surface area contributed by atoms with E-state index in [0.717, 1.165) is 0 Å². The molecule has 2 atom stereocenters. The summed E-state index contributed by atoms with van der Waals surface area (Å²) >= 11 is 0. The van der Waals surface area contributed by atoms with Crippen molar-refractivity contribution >= 4 is 17.6 Å². The molecule has 1 aromatic carbocycles. The van der Waals surface area contributed by atoms with E-state index in [1.165, 1.54) is 0 Å². The van der Waals surface area contributed by atoms with Crippen LogP contribution in [0.15, 0.2) is 30.4 Å². The third-order valence-corrected chi connectivity index (χ3v) is 3.71. The lowest BCUT2D eigenvalue weighted by molar-refractivity contribution is -0.313. The van der Waals surface area contributed by atoms with E-state index in [4.69, 9.17) is 9.47 Å². The van der Waals surface area contributed by atoms with Crippen molar-refractivity contribution in [1.29, 1.82) is 0 Å². The van der Waals surface area contributed by atoms with Crippen molar-refractivity contribution in [2.24, 2.45) is 11.8 Å². The Hall–Kier alpha value is -2.50. The summed E-state index contributed by atoms with van der Waals surface area (Å²) in [4.78, 5) is 23.4. The first-order valence-corrected chi connectivity index (χ1v) is 6.71. The van der Waals surface area contributed by atoms with Crippen LogP contribution in [0.5, 0.6) is 11.5 Å². The number of ether oxygens (including phenoxy) is 2. The minimum atomic E-state index is -1.19. The number of benzene rings is 1. The molecule has 0 unspecified atom stereocenters. The van der Waals surface area contributed by atoms with E-state index < -0.39 is 17.8 Å². The van der Waals surface area contributed by atoms with Crippen LogP contribution in [0.2, 0.25) is 0 Å². The Balaban J connectivity index is 1.73. The van der Waals surface area contributed by atoms with E-state index in [0.29, 0.717) is 30.0 Å². The van der Waals surface area contributed by atoms with Gasteiger partial charge < -0.3 is 24.7 Å². The minimum absolute atomic E-state index is 0.160. The normalized spacial score (nSPS) is 22.9. The van der Waals surface area contributed by atoms with Crippen molar-refractivity contribution in [2.45, 2.75) is 12.8 Å². The van der Waals surface area contributed by atoms with Crippen molar-refractivity contribution in [1.82, 2.24) is 0 Å². The number of hydrogen-bond acceptors (Lipinski definition) is 5. The van der Waals surface area contributed by atoms with E-state index in [2.05, 4.69) is 5.32 Å². The monoisotopic (exact) mass is 288 g/mol. The third kappa shape index (κ3) is 2.69. The molecular formula is C15H14NO5-. The van der Waals surface area contributed by atoms with Gasteiger partial charge in [0.2, 0.25) is 12.7 Å². The van der Waals surface area contributed by atoms with E-state index in [9.17, 15) is 14.7 Å². The fourth-order valence-corrected chi connectivity index (χ4v) is 2.57. The van der Waals surface area contributed by atoms with Crippen LogP contribution in [0.3, 0.4) is 0 Å². The smallest absolute Gasteiger partial charge is 0.231 e. The van der Waals surface area contributed by atoms with E-state index >= 15 is 0 Å². The summed E-state index contributed by atoms with van der Waals surface area (Å²) in [7, 11) is 0. The number of carboxylic acids is 1. The molecule has 0 fully saturated rings. The number of rotatable bonds is 3. The summed E-state index contributed by atoms with van der Waals surface area (Å²) in [5.74, 6) is -1.74. The van der Waals surface area contributed by atoms with Crippen LogP contribution in [0.1, 0.15) is 12.8 Å². The van der Waals surface area contributed by atoms with Gasteiger partial charge in [-0.05, 0) is 25.0 Å². The fourth-order valence-electron chi connectivity index (χ4n) is 2.57. The highest BCUT2D eigenvalue weighted by Crippen LogP contribution is 2.35. The van der Waals surface area contributed by atoms with Crippen LogP contribution in [0.4, 0.5) is 5.69 Å². The van der Waals surface area contributed by atoms with Crippen LogP contribution in [0.25, 0.3) is 0 Å². The number of fused-ring (bicyclic) bond motifs is 1. The molecule has 1 amide bonds. The first-order chi connectivity index (χ1) is 10.1. The summed E-state index contributed by atoms with van der Waals surface area (Å²) in [6.07, 6.45) is 4.31. The molecule has 110 valence electrons. The predicted molar refractivity (Wildman–Crippen MR) is 71.6 cm³/mol. The molecule has 0 aromatic heterocycles. The Morgan fingerprint density at radius 3 is 2.57 bits per heavy atom. The Morgan fingerprint density at radius 1 is 1.10 bits per heavy atom. The average Bonchev–Trinajstić information content (AvgIpc) is 2.94. The van der Waals surface area contributed by atoms with Gasteiger partial charge in [-0.25, -0.2) is 0 Å². The highest BCUT2D eigenvalue weighted by Gasteiger charge is 2.30. The lowest BCUT2D eigenvalue weighted by Crippen LogP contribution is -2.41. The second-order valence-electron chi connectivity index (χ2n) is 5.03. The zero-order chi connectivity index (χ0) is 14.8. The summed E-state index contributed by atoms with van der Waals surface area (Å²) in [5, 5.41) is 13.8. The van der Waals surface area contributed by atoms with E-state index in [-0.39, 0.29) is 12.7 Å². The topological polar surface area (TPSA) is 87.7 Å². The SMILES string of the molecule is O=C([O-])[C@H]1CC=CC[C@H]1C(=O)Nc1ccc2c(c1)OCO2. The number of hydrogen-bond donors (Lipinski definition) is 1. The molecule has 1 N–H and O–H groups in total. The molecule has 3 rings (SSSR count). The maximum atomic E-state index is 12.3. The summed E-state index contributed by atoms with van der Waals surface area (Å²) in [6, 6.07) is 5.06. The van der Waals surface area contributed by atoms with Gasteiger partial charge >= 0.3 is 0 Å². The Labute approximate surface area is 121 Å². The largest absolute Gasteiger partial charge is 0.550 e. The van der Waals surface area contributed by atoms with Crippen molar-refractivity contribution in [3.8, 4) is 11.5 Å². The standard InChI is InChI=1S/C15H15NO5/c17-14(10-3-1-2-4-11(10)15(18)19)16-9-5-6-12-13(7-9)21-8-20-12/h1-2,5-7,10-11H,3-4,8H2,(H,16,17)(H,18,19)/p-1/t10-,11+/m1/s1. The second kappa shape index (κ2) is 5.47. The number of allylic oxidation sites excluding steroid dienone is 2. The van der Waals surface area contributed by atoms with Gasteiger partial charge in [-0.15, -0.1) is 0 Å². The van der Waals surface area contributed by atoms with Gasteiger partial charge in [0.1, 0.15) is 0 Å². The number of carbonyl (C=O) groups excluding carboxylic acids is 2. The molecule has 6 heteroatoms. The number of anilines is 1. The van der Waals surface area contributed by atoms with Crippen LogP contribution in [0, 0.1) is 11.8 Å². The van der Waals surface area contributed by atoms with Crippen molar-refractivity contribution in [3.63, 3.8) is 0 Å². The van der Waals surface area contributed by atoms with Crippen molar-refractivity contribution in [3.05, 3.63) is 30.4 Å². The molecule has 1 aliphatic heterocycles. The van der Waals surface area contributed by atoms with Gasteiger partial charge in [0.25, 0.3) is 0 Å². The summed E-state index contributed by atoms with van der Waals surface area (Å²) < 4.78 is 10.4. The van der Waals surface area contributed by atoms with Gasteiger partial charge in [0.15, 0.2) is 11.5 Å². The molecule has 0 radical (unpaired) electrons. The van der Waals surface area contributed by atoms with Crippen molar-refractivity contribution < 1.29 is 24.2 Å². The van der Waals surface area contributed by atoms with Crippen LogP contribution in [-0.4, -0.2) is 18.7 Å².